The average molecular weight is 203 g/mol. The van der Waals surface area contributed by atoms with Gasteiger partial charge in [0, 0.05) is 6.54 Å². The molecule has 0 aliphatic heterocycles. The molecule has 0 spiro atoms. The number of rotatable bonds is 7. The lowest BCUT2D eigenvalue weighted by Gasteiger charge is -2.29. The number of likely N-dealkylation sites (N-methyl/N-ethyl adjacent to an activating group) is 1. The Bertz CT molecular complexity index is 146. The summed E-state index contributed by atoms with van der Waals surface area (Å²) in [6.07, 6.45) is 2.04. The molecule has 0 aromatic rings. The summed E-state index contributed by atoms with van der Waals surface area (Å²) in [5.41, 5.74) is -0.960. The number of hydrogen-bond acceptors (Lipinski definition) is 3. The summed E-state index contributed by atoms with van der Waals surface area (Å²) in [5.74, 6) is 0.659. The fourth-order valence-electron chi connectivity index (χ4n) is 1.45. The maximum absolute atomic E-state index is 9.94. The van der Waals surface area contributed by atoms with Crippen LogP contribution in [0.5, 0.6) is 0 Å². The smallest absolute Gasteiger partial charge is 0.0948 e. The zero-order valence-electron chi connectivity index (χ0n) is 9.88. The third-order valence-electron chi connectivity index (χ3n) is 2.58. The molecule has 2 atom stereocenters. The van der Waals surface area contributed by atoms with E-state index in [1.165, 1.54) is 0 Å². The summed E-state index contributed by atoms with van der Waals surface area (Å²) >= 11 is 0. The average Bonchev–Trinajstić information content (AvgIpc) is 2.03. The van der Waals surface area contributed by atoms with Gasteiger partial charge in [-0.15, -0.1) is 0 Å². The highest BCUT2D eigenvalue weighted by molar-refractivity contribution is 4.82. The lowest BCUT2D eigenvalue weighted by atomic mass is 9.91. The predicted molar refractivity (Wildman–Crippen MR) is 59.2 cm³/mol. The number of aliphatic hydroxyl groups excluding tert-OH is 1. The second kappa shape index (κ2) is 6.38. The van der Waals surface area contributed by atoms with Gasteiger partial charge in [0.25, 0.3) is 0 Å². The summed E-state index contributed by atoms with van der Waals surface area (Å²) in [5, 5.41) is 22.4. The van der Waals surface area contributed by atoms with E-state index in [2.05, 4.69) is 19.2 Å². The first-order chi connectivity index (χ1) is 6.40. The molecule has 0 rings (SSSR count). The largest absolute Gasteiger partial charge is 0.389 e. The minimum atomic E-state index is -0.960. The van der Waals surface area contributed by atoms with E-state index in [1.54, 1.807) is 14.0 Å². The molecule has 0 aliphatic rings. The van der Waals surface area contributed by atoms with Gasteiger partial charge in [-0.05, 0) is 26.3 Å². The van der Waals surface area contributed by atoms with Crippen LogP contribution in [-0.2, 0) is 0 Å². The molecule has 0 aromatic heterocycles. The Morgan fingerprint density at radius 3 is 2.36 bits per heavy atom. The van der Waals surface area contributed by atoms with Crippen LogP contribution >= 0.6 is 0 Å². The van der Waals surface area contributed by atoms with Crippen LogP contribution < -0.4 is 5.32 Å². The van der Waals surface area contributed by atoms with Crippen LogP contribution in [0, 0.1) is 5.92 Å². The molecule has 0 bridgehead atoms. The summed E-state index contributed by atoms with van der Waals surface area (Å²) in [7, 11) is 1.77. The topological polar surface area (TPSA) is 52.5 Å². The monoisotopic (exact) mass is 203 g/mol. The van der Waals surface area contributed by atoms with Crippen LogP contribution in [0.15, 0.2) is 0 Å². The molecule has 0 saturated carbocycles. The van der Waals surface area contributed by atoms with E-state index in [0.29, 0.717) is 18.9 Å². The van der Waals surface area contributed by atoms with Crippen molar-refractivity contribution >= 4 is 0 Å². The number of nitrogens with one attached hydrogen (secondary N) is 1. The lowest BCUT2D eigenvalue weighted by Crippen LogP contribution is -2.44. The van der Waals surface area contributed by atoms with Gasteiger partial charge in [-0.3, -0.25) is 0 Å². The van der Waals surface area contributed by atoms with Gasteiger partial charge in [-0.25, -0.2) is 0 Å². The van der Waals surface area contributed by atoms with E-state index in [1.807, 2.05) is 0 Å². The third kappa shape index (κ3) is 5.58. The van der Waals surface area contributed by atoms with Crippen molar-refractivity contribution in [3.05, 3.63) is 0 Å². The van der Waals surface area contributed by atoms with Gasteiger partial charge in [0.05, 0.1) is 11.7 Å². The fourth-order valence-corrected chi connectivity index (χ4v) is 1.45. The molecule has 0 heterocycles. The molecule has 0 aromatic carbocycles. The van der Waals surface area contributed by atoms with Crippen LogP contribution in [0.3, 0.4) is 0 Å². The van der Waals surface area contributed by atoms with Gasteiger partial charge in [0.15, 0.2) is 0 Å². The molecule has 0 amide bonds. The molecule has 2 unspecified atom stereocenters. The Labute approximate surface area is 87.5 Å². The summed E-state index contributed by atoms with van der Waals surface area (Å²) in [4.78, 5) is 0. The molecular weight excluding hydrogens is 178 g/mol. The van der Waals surface area contributed by atoms with E-state index in [4.69, 9.17) is 0 Å². The fraction of sp³-hybridized carbons (Fsp3) is 1.00. The highest BCUT2D eigenvalue weighted by atomic mass is 16.3. The minimum absolute atomic E-state index is 0.439. The predicted octanol–water partition coefficient (Wildman–Crippen LogP) is 1.14. The molecular formula is C11H25NO2. The van der Waals surface area contributed by atoms with Crippen LogP contribution in [0.4, 0.5) is 0 Å². The second-order valence-electron chi connectivity index (χ2n) is 4.72. The van der Waals surface area contributed by atoms with Crippen LogP contribution in [0.2, 0.25) is 0 Å². The van der Waals surface area contributed by atoms with Gasteiger partial charge < -0.3 is 15.5 Å². The van der Waals surface area contributed by atoms with E-state index in [9.17, 15) is 10.2 Å². The Balaban J connectivity index is 3.81. The highest BCUT2D eigenvalue weighted by Gasteiger charge is 2.28. The molecule has 0 radical (unpaired) electrons. The molecule has 0 aliphatic carbocycles. The van der Waals surface area contributed by atoms with Crippen molar-refractivity contribution in [2.24, 2.45) is 5.92 Å². The Morgan fingerprint density at radius 1 is 1.36 bits per heavy atom. The van der Waals surface area contributed by atoms with Crippen molar-refractivity contribution in [3.8, 4) is 0 Å². The molecule has 14 heavy (non-hydrogen) atoms. The normalized spacial score (nSPS) is 18.2. The SMILES string of the molecule is CNCC(O)C(C)(O)CCCC(C)C. The molecule has 3 nitrogen and oxygen atoms in total. The molecule has 86 valence electrons. The van der Waals surface area contributed by atoms with Crippen molar-refractivity contribution in [3.63, 3.8) is 0 Å². The first kappa shape index (κ1) is 13.9. The van der Waals surface area contributed by atoms with Gasteiger partial charge in [-0.1, -0.05) is 26.7 Å². The Morgan fingerprint density at radius 2 is 1.93 bits per heavy atom. The van der Waals surface area contributed by atoms with Crippen molar-refractivity contribution in [2.75, 3.05) is 13.6 Å². The number of hydrogen-bond donors (Lipinski definition) is 3. The maximum atomic E-state index is 9.94. The first-order valence-electron chi connectivity index (χ1n) is 5.45. The molecule has 3 heteroatoms. The molecule has 0 fully saturated rings. The van der Waals surface area contributed by atoms with Crippen molar-refractivity contribution in [1.82, 2.24) is 5.32 Å². The Hall–Kier alpha value is -0.120. The minimum Gasteiger partial charge on any atom is -0.389 e. The summed E-state index contributed by atoms with van der Waals surface area (Å²) in [6, 6.07) is 0. The van der Waals surface area contributed by atoms with Crippen molar-refractivity contribution in [1.29, 1.82) is 0 Å². The van der Waals surface area contributed by atoms with E-state index in [-0.39, 0.29) is 0 Å². The van der Waals surface area contributed by atoms with Gasteiger partial charge in [0.2, 0.25) is 0 Å². The molecule has 3 N–H and O–H groups in total. The second-order valence-corrected chi connectivity index (χ2v) is 4.72. The lowest BCUT2D eigenvalue weighted by molar-refractivity contribution is -0.0662. The van der Waals surface area contributed by atoms with Crippen LogP contribution in [0.25, 0.3) is 0 Å². The first-order valence-corrected chi connectivity index (χ1v) is 5.45. The standard InChI is InChI=1S/C11H25NO2/c1-9(2)6-5-7-11(3,14)10(13)8-12-4/h9-10,12-14H,5-8H2,1-4H3. The summed E-state index contributed by atoms with van der Waals surface area (Å²) < 4.78 is 0. The Kier molecular flexibility index (Phi) is 6.33. The third-order valence-corrected chi connectivity index (χ3v) is 2.58. The van der Waals surface area contributed by atoms with Gasteiger partial charge in [0.1, 0.15) is 0 Å². The quantitative estimate of drug-likeness (QED) is 0.581. The van der Waals surface area contributed by atoms with E-state index in [0.717, 1.165) is 12.8 Å². The highest BCUT2D eigenvalue weighted by Crippen LogP contribution is 2.19. The maximum Gasteiger partial charge on any atom is 0.0948 e. The number of aliphatic hydroxyl groups is 2. The van der Waals surface area contributed by atoms with Gasteiger partial charge >= 0.3 is 0 Å². The van der Waals surface area contributed by atoms with Crippen molar-refractivity contribution in [2.45, 2.75) is 51.7 Å². The van der Waals surface area contributed by atoms with Crippen LogP contribution in [0.1, 0.15) is 40.0 Å². The van der Waals surface area contributed by atoms with Gasteiger partial charge in [-0.2, -0.15) is 0 Å². The van der Waals surface area contributed by atoms with Crippen LogP contribution in [-0.4, -0.2) is 35.5 Å². The zero-order chi connectivity index (χ0) is 11.2. The zero-order valence-corrected chi connectivity index (χ0v) is 9.88. The van der Waals surface area contributed by atoms with E-state index >= 15 is 0 Å². The van der Waals surface area contributed by atoms with E-state index < -0.39 is 11.7 Å². The van der Waals surface area contributed by atoms with Crippen molar-refractivity contribution < 1.29 is 10.2 Å². The molecule has 0 saturated heterocycles. The summed E-state index contributed by atoms with van der Waals surface area (Å²) in [6.45, 7) is 6.47.